The standard InChI is InChI=1S/C10H13NO2S/c1-4-13-10(12)7(2)5-9-6-14-8(3)11-9/h5-6H,4H2,1-3H3. The van der Waals surface area contributed by atoms with Crippen molar-refractivity contribution in [2.45, 2.75) is 20.8 Å². The van der Waals surface area contributed by atoms with Crippen LogP contribution in [0.15, 0.2) is 11.0 Å². The summed E-state index contributed by atoms with van der Waals surface area (Å²) in [6.45, 7) is 5.85. The summed E-state index contributed by atoms with van der Waals surface area (Å²) >= 11 is 1.56. The van der Waals surface area contributed by atoms with Crippen LogP contribution in [0.5, 0.6) is 0 Å². The monoisotopic (exact) mass is 211 g/mol. The van der Waals surface area contributed by atoms with E-state index in [1.165, 1.54) is 0 Å². The highest BCUT2D eigenvalue weighted by Crippen LogP contribution is 2.12. The molecule has 0 spiro atoms. The molecule has 1 rings (SSSR count). The first-order valence-electron chi connectivity index (χ1n) is 4.41. The largest absolute Gasteiger partial charge is 0.463 e. The van der Waals surface area contributed by atoms with Gasteiger partial charge < -0.3 is 4.74 Å². The van der Waals surface area contributed by atoms with Crippen molar-refractivity contribution >= 4 is 23.4 Å². The molecule has 0 N–H and O–H groups in total. The third-order valence-corrected chi connectivity index (χ3v) is 2.39. The van der Waals surface area contributed by atoms with Crippen molar-refractivity contribution in [3.8, 4) is 0 Å². The molecule has 0 saturated heterocycles. The lowest BCUT2D eigenvalue weighted by Gasteiger charge is -1.99. The van der Waals surface area contributed by atoms with Crippen molar-refractivity contribution < 1.29 is 9.53 Å². The molecule has 76 valence electrons. The summed E-state index contributed by atoms with van der Waals surface area (Å²) in [7, 11) is 0. The molecule has 0 unspecified atom stereocenters. The molecule has 0 bridgehead atoms. The van der Waals surface area contributed by atoms with E-state index < -0.39 is 0 Å². The van der Waals surface area contributed by atoms with Gasteiger partial charge in [-0.25, -0.2) is 9.78 Å². The molecule has 0 aliphatic carbocycles. The summed E-state index contributed by atoms with van der Waals surface area (Å²) in [5.41, 5.74) is 1.40. The van der Waals surface area contributed by atoms with E-state index in [4.69, 9.17) is 4.74 Å². The van der Waals surface area contributed by atoms with Crippen LogP contribution >= 0.6 is 11.3 Å². The molecule has 0 aliphatic heterocycles. The van der Waals surface area contributed by atoms with Crippen molar-refractivity contribution in [2.75, 3.05) is 6.61 Å². The minimum Gasteiger partial charge on any atom is -0.463 e. The van der Waals surface area contributed by atoms with E-state index in [-0.39, 0.29) is 5.97 Å². The molecule has 0 fully saturated rings. The van der Waals surface area contributed by atoms with E-state index in [2.05, 4.69) is 4.98 Å². The maximum Gasteiger partial charge on any atom is 0.333 e. The topological polar surface area (TPSA) is 39.2 Å². The van der Waals surface area contributed by atoms with Crippen molar-refractivity contribution in [1.29, 1.82) is 0 Å². The Morgan fingerprint density at radius 3 is 2.93 bits per heavy atom. The second-order valence-corrected chi connectivity index (χ2v) is 3.90. The highest BCUT2D eigenvalue weighted by Gasteiger charge is 2.05. The highest BCUT2D eigenvalue weighted by molar-refractivity contribution is 7.09. The molecular formula is C10H13NO2S. The van der Waals surface area contributed by atoms with E-state index in [0.717, 1.165) is 10.7 Å². The lowest BCUT2D eigenvalue weighted by Crippen LogP contribution is -2.04. The van der Waals surface area contributed by atoms with Crippen LogP contribution in [0.1, 0.15) is 24.5 Å². The van der Waals surface area contributed by atoms with Crippen LogP contribution < -0.4 is 0 Å². The second-order valence-electron chi connectivity index (χ2n) is 2.84. The molecule has 1 heterocycles. The van der Waals surface area contributed by atoms with Crippen LogP contribution in [0.2, 0.25) is 0 Å². The summed E-state index contributed by atoms with van der Waals surface area (Å²) in [6.07, 6.45) is 1.74. The Kier molecular flexibility index (Phi) is 3.83. The van der Waals surface area contributed by atoms with Gasteiger partial charge in [0.2, 0.25) is 0 Å². The van der Waals surface area contributed by atoms with Crippen molar-refractivity contribution in [2.24, 2.45) is 0 Å². The Hall–Kier alpha value is -1.16. The number of carbonyl (C=O) groups excluding carboxylic acids is 1. The maximum atomic E-state index is 11.2. The fraction of sp³-hybridized carbons (Fsp3) is 0.400. The molecule has 3 nitrogen and oxygen atoms in total. The smallest absolute Gasteiger partial charge is 0.333 e. The first kappa shape index (κ1) is 10.9. The van der Waals surface area contributed by atoms with E-state index in [0.29, 0.717) is 12.2 Å². The van der Waals surface area contributed by atoms with Crippen LogP contribution in [-0.2, 0) is 9.53 Å². The first-order valence-corrected chi connectivity index (χ1v) is 5.29. The Labute approximate surface area is 87.4 Å². The molecule has 4 heteroatoms. The zero-order chi connectivity index (χ0) is 10.6. The maximum absolute atomic E-state index is 11.2. The summed E-state index contributed by atoms with van der Waals surface area (Å²) in [5.74, 6) is -0.279. The number of hydrogen-bond donors (Lipinski definition) is 0. The number of rotatable bonds is 3. The summed E-state index contributed by atoms with van der Waals surface area (Å²) in [5, 5.41) is 2.91. The highest BCUT2D eigenvalue weighted by atomic mass is 32.1. The normalized spacial score (nSPS) is 11.5. The van der Waals surface area contributed by atoms with Crippen molar-refractivity contribution in [1.82, 2.24) is 4.98 Å². The SMILES string of the molecule is CCOC(=O)C(C)=Cc1csc(C)n1. The number of esters is 1. The zero-order valence-corrected chi connectivity index (χ0v) is 9.35. The lowest BCUT2D eigenvalue weighted by atomic mass is 10.2. The predicted octanol–water partition coefficient (Wildman–Crippen LogP) is 2.42. The van der Waals surface area contributed by atoms with Gasteiger partial charge in [0.05, 0.1) is 17.3 Å². The van der Waals surface area contributed by atoms with E-state index in [1.54, 1.807) is 31.3 Å². The van der Waals surface area contributed by atoms with Gasteiger partial charge in [0.1, 0.15) is 0 Å². The molecular weight excluding hydrogens is 198 g/mol. The van der Waals surface area contributed by atoms with Gasteiger partial charge in [0.25, 0.3) is 0 Å². The van der Waals surface area contributed by atoms with Crippen molar-refractivity contribution in [3.05, 3.63) is 21.7 Å². The Bertz CT molecular complexity index is 355. The number of aryl methyl sites for hydroxylation is 1. The first-order chi connectivity index (χ1) is 6.63. The van der Waals surface area contributed by atoms with Crippen LogP contribution in [0.4, 0.5) is 0 Å². The van der Waals surface area contributed by atoms with Crippen molar-refractivity contribution in [3.63, 3.8) is 0 Å². The second kappa shape index (κ2) is 4.91. The van der Waals surface area contributed by atoms with Gasteiger partial charge in [-0.05, 0) is 26.8 Å². The molecule has 0 radical (unpaired) electrons. The number of thiazole rings is 1. The fourth-order valence-electron chi connectivity index (χ4n) is 0.972. The molecule has 1 aromatic heterocycles. The number of hydrogen-bond acceptors (Lipinski definition) is 4. The minimum absolute atomic E-state index is 0.279. The van der Waals surface area contributed by atoms with E-state index in [9.17, 15) is 4.79 Å². The molecule has 0 amide bonds. The van der Waals surface area contributed by atoms with Crippen LogP contribution in [0, 0.1) is 6.92 Å². The Morgan fingerprint density at radius 1 is 1.71 bits per heavy atom. The van der Waals surface area contributed by atoms with Crippen LogP contribution in [0.3, 0.4) is 0 Å². The van der Waals surface area contributed by atoms with Crippen LogP contribution in [-0.4, -0.2) is 17.6 Å². The fourth-order valence-corrected chi connectivity index (χ4v) is 1.54. The van der Waals surface area contributed by atoms with Gasteiger partial charge in [-0.2, -0.15) is 0 Å². The summed E-state index contributed by atoms with van der Waals surface area (Å²) in [6, 6.07) is 0. The zero-order valence-electron chi connectivity index (χ0n) is 8.53. The Balaban J connectivity index is 2.73. The van der Waals surface area contributed by atoms with Gasteiger partial charge in [-0.3, -0.25) is 0 Å². The molecule has 0 aromatic carbocycles. The minimum atomic E-state index is -0.279. The predicted molar refractivity (Wildman–Crippen MR) is 57.1 cm³/mol. The summed E-state index contributed by atoms with van der Waals surface area (Å²) < 4.78 is 4.85. The third kappa shape index (κ3) is 2.96. The number of nitrogens with zero attached hydrogens (tertiary/aromatic N) is 1. The molecule has 0 atom stereocenters. The molecule has 1 aromatic rings. The lowest BCUT2D eigenvalue weighted by molar-refractivity contribution is -0.138. The Morgan fingerprint density at radius 2 is 2.43 bits per heavy atom. The van der Waals surface area contributed by atoms with Gasteiger partial charge in [-0.1, -0.05) is 0 Å². The van der Waals surface area contributed by atoms with Gasteiger partial charge in [0.15, 0.2) is 0 Å². The quantitative estimate of drug-likeness (QED) is 0.569. The average molecular weight is 211 g/mol. The number of aromatic nitrogens is 1. The average Bonchev–Trinajstić information content (AvgIpc) is 2.51. The third-order valence-electron chi connectivity index (χ3n) is 1.60. The summed E-state index contributed by atoms with van der Waals surface area (Å²) in [4.78, 5) is 15.5. The molecule has 14 heavy (non-hydrogen) atoms. The van der Waals surface area contributed by atoms with Gasteiger partial charge >= 0.3 is 5.97 Å². The molecule has 0 saturated carbocycles. The van der Waals surface area contributed by atoms with Gasteiger partial charge in [0, 0.05) is 11.0 Å². The van der Waals surface area contributed by atoms with Gasteiger partial charge in [-0.15, -0.1) is 11.3 Å². The van der Waals surface area contributed by atoms with Crippen LogP contribution in [0.25, 0.3) is 6.08 Å². The van der Waals surface area contributed by atoms with E-state index in [1.807, 2.05) is 12.3 Å². The van der Waals surface area contributed by atoms with E-state index >= 15 is 0 Å². The number of carbonyl (C=O) groups is 1. The number of ether oxygens (including phenoxy) is 1. The molecule has 0 aliphatic rings.